The van der Waals surface area contributed by atoms with Crippen LogP contribution >= 0.6 is 0 Å². The van der Waals surface area contributed by atoms with Crippen molar-refractivity contribution in [3.63, 3.8) is 0 Å². The lowest BCUT2D eigenvalue weighted by Crippen LogP contribution is -2.41. The molecular formula is C14H20N2O3. The minimum atomic E-state index is -0.371. The normalized spacial score (nSPS) is 16.4. The highest BCUT2D eigenvalue weighted by molar-refractivity contribution is 5.97. The van der Waals surface area contributed by atoms with E-state index in [4.69, 9.17) is 0 Å². The van der Waals surface area contributed by atoms with Crippen molar-refractivity contribution in [2.75, 3.05) is 13.6 Å². The van der Waals surface area contributed by atoms with Crippen LogP contribution in [0.4, 0.5) is 0 Å². The van der Waals surface area contributed by atoms with Crippen LogP contribution in [0.2, 0.25) is 0 Å². The number of aromatic hydroxyl groups is 2. The first kappa shape index (κ1) is 13.7. The van der Waals surface area contributed by atoms with Gasteiger partial charge in [-0.3, -0.25) is 9.69 Å². The van der Waals surface area contributed by atoms with Gasteiger partial charge in [0.15, 0.2) is 0 Å². The maximum absolute atomic E-state index is 11.9. The second-order valence-corrected chi connectivity index (χ2v) is 5.16. The summed E-state index contributed by atoms with van der Waals surface area (Å²) in [5.41, 5.74) is 0.0984. The molecule has 0 spiro atoms. The minimum Gasteiger partial charge on any atom is -0.508 e. The van der Waals surface area contributed by atoms with E-state index in [1.165, 1.54) is 31.0 Å². The quantitative estimate of drug-likeness (QED) is 0.701. The predicted octanol–water partition coefficient (Wildman–Crippen LogP) is 1.31. The standard InChI is InChI=1S/C14H20N2O3/c1-9(16(2)10-3-4-10)8-15-14(19)12-7-11(17)5-6-13(12)18/h5-7,9-10,17-18H,3-4,8H2,1-2H3,(H,15,19). The topological polar surface area (TPSA) is 72.8 Å². The van der Waals surface area contributed by atoms with Crippen molar-refractivity contribution < 1.29 is 15.0 Å². The lowest BCUT2D eigenvalue weighted by atomic mass is 10.1. The van der Waals surface area contributed by atoms with Gasteiger partial charge in [0.05, 0.1) is 5.56 Å². The van der Waals surface area contributed by atoms with E-state index in [1.807, 2.05) is 0 Å². The molecule has 1 aromatic carbocycles. The largest absolute Gasteiger partial charge is 0.508 e. The molecule has 1 atom stereocenters. The molecule has 0 aromatic heterocycles. The Morgan fingerprint density at radius 2 is 2.16 bits per heavy atom. The molecule has 5 heteroatoms. The Balaban J connectivity index is 1.91. The molecule has 1 fully saturated rings. The van der Waals surface area contributed by atoms with Gasteiger partial charge in [-0.05, 0) is 45.0 Å². The molecule has 0 radical (unpaired) electrons. The second kappa shape index (κ2) is 5.48. The molecule has 1 aliphatic carbocycles. The van der Waals surface area contributed by atoms with Gasteiger partial charge >= 0.3 is 0 Å². The SMILES string of the molecule is CC(CNC(=O)c1cc(O)ccc1O)N(C)C1CC1. The van der Waals surface area contributed by atoms with Crippen LogP contribution in [0.3, 0.4) is 0 Å². The first-order chi connectivity index (χ1) is 8.99. The van der Waals surface area contributed by atoms with Gasteiger partial charge in [0, 0.05) is 18.6 Å². The van der Waals surface area contributed by atoms with Crippen molar-refractivity contribution in [2.45, 2.75) is 31.8 Å². The van der Waals surface area contributed by atoms with E-state index >= 15 is 0 Å². The molecule has 19 heavy (non-hydrogen) atoms. The van der Waals surface area contributed by atoms with Crippen molar-refractivity contribution in [1.82, 2.24) is 10.2 Å². The average molecular weight is 264 g/mol. The highest BCUT2D eigenvalue weighted by Crippen LogP contribution is 2.27. The van der Waals surface area contributed by atoms with Gasteiger partial charge in [-0.2, -0.15) is 0 Å². The first-order valence-electron chi connectivity index (χ1n) is 6.51. The minimum absolute atomic E-state index is 0.0360. The third-order valence-corrected chi connectivity index (χ3v) is 3.60. The van der Waals surface area contributed by atoms with Crippen molar-refractivity contribution in [3.8, 4) is 11.5 Å². The van der Waals surface area contributed by atoms with E-state index in [0.717, 1.165) is 0 Å². The Bertz CT molecular complexity index is 472. The number of benzene rings is 1. The summed E-state index contributed by atoms with van der Waals surface area (Å²) >= 11 is 0. The maximum Gasteiger partial charge on any atom is 0.255 e. The molecule has 0 aliphatic heterocycles. The van der Waals surface area contributed by atoms with Gasteiger partial charge in [0.2, 0.25) is 0 Å². The number of phenols is 2. The lowest BCUT2D eigenvalue weighted by Gasteiger charge is -2.24. The zero-order chi connectivity index (χ0) is 14.0. The average Bonchev–Trinajstić information content (AvgIpc) is 3.21. The number of phenolic OH excluding ortho intramolecular Hbond substituents is 2. The molecule has 0 bridgehead atoms. The summed E-state index contributed by atoms with van der Waals surface area (Å²) in [4.78, 5) is 14.2. The summed E-state index contributed by atoms with van der Waals surface area (Å²) in [6, 6.07) is 4.80. The second-order valence-electron chi connectivity index (χ2n) is 5.16. The highest BCUT2D eigenvalue weighted by atomic mass is 16.3. The number of nitrogens with one attached hydrogen (secondary N) is 1. The molecular weight excluding hydrogens is 244 g/mol. The number of nitrogens with zero attached hydrogens (tertiary/aromatic N) is 1. The van der Waals surface area contributed by atoms with Crippen LogP contribution in [0.15, 0.2) is 18.2 Å². The van der Waals surface area contributed by atoms with Crippen LogP contribution < -0.4 is 5.32 Å². The van der Waals surface area contributed by atoms with Crippen molar-refractivity contribution in [3.05, 3.63) is 23.8 Å². The molecule has 0 heterocycles. The Hall–Kier alpha value is -1.75. The van der Waals surface area contributed by atoms with Crippen LogP contribution in [0, 0.1) is 0 Å². The number of carbonyl (C=O) groups excluding carboxylic acids is 1. The monoisotopic (exact) mass is 264 g/mol. The molecule has 1 amide bonds. The fourth-order valence-corrected chi connectivity index (χ4v) is 2.03. The molecule has 104 valence electrons. The van der Waals surface area contributed by atoms with Crippen LogP contribution in [0.1, 0.15) is 30.1 Å². The van der Waals surface area contributed by atoms with Gasteiger partial charge in [0.1, 0.15) is 11.5 Å². The number of rotatable bonds is 5. The third kappa shape index (κ3) is 3.38. The number of likely N-dealkylation sites (N-methyl/N-ethyl adjacent to an activating group) is 1. The number of hydrogen-bond donors (Lipinski definition) is 3. The molecule has 1 unspecified atom stereocenters. The van der Waals surface area contributed by atoms with E-state index in [0.29, 0.717) is 12.6 Å². The van der Waals surface area contributed by atoms with Gasteiger partial charge < -0.3 is 15.5 Å². The molecule has 1 aliphatic rings. The van der Waals surface area contributed by atoms with E-state index < -0.39 is 0 Å². The number of amides is 1. The van der Waals surface area contributed by atoms with E-state index in [1.54, 1.807) is 0 Å². The Labute approximate surface area is 112 Å². The van der Waals surface area contributed by atoms with Gasteiger partial charge in [-0.1, -0.05) is 0 Å². The van der Waals surface area contributed by atoms with Crippen LogP contribution in [0.5, 0.6) is 11.5 Å². The summed E-state index contributed by atoms with van der Waals surface area (Å²) in [5, 5.41) is 21.7. The predicted molar refractivity (Wildman–Crippen MR) is 72.4 cm³/mol. The molecule has 0 saturated heterocycles. The summed E-state index contributed by atoms with van der Waals surface area (Å²) in [7, 11) is 2.06. The van der Waals surface area contributed by atoms with Crippen molar-refractivity contribution in [2.24, 2.45) is 0 Å². The summed E-state index contributed by atoms with van der Waals surface area (Å²) in [6.07, 6.45) is 2.45. The highest BCUT2D eigenvalue weighted by Gasteiger charge is 2.29. The van der Waals surface area contributed by atoms with E-state index in [2.05, 4.69) is 24.2 Å². The van der Waals surface area contributed by atoms with Crippen molar-refractivity contribution in [1.29, 1.82) is 0 Å². The Kier molecular flexibility index (Phi) is 3.95. The number of hydrogen-bond acceptors (Lipinski definition) is 4. The lowest BCUT2D eigenvalue weighted by molar-refractivity contribution is 0.0936. The van der Waals surface area contributed by atoms with Crippen LogP contribution in [-0.4, -0.2) is 46.7 Å². The van der Waals surface area contributed by atoms with Crippen LogP contribution in [0.25, 0.3) is 0 Å². The van der Waals surface area contributed by atoms with Gasteiger partial charge in [-0.25, -0.2) is 0 Å². The Morgan fingerprint density at radius 1 is 1.47 bits per heavy atom. The third-order valence-electron chi connectivity index (χ3n) is 3.60. The smallest absolute Gasteiger partial charge is 0.255 e. The molecule has 3 N–H and O–H groups in total. The zero-order valence-electron chi connectivity index (χ0n) is 11.3. The maximum atomic E-state index is 11.9. The molecule has 1 saturated carbocycles. The zero-order valence-corrected chi connectivity index (χ0v) is 11.3. The van der Waals surface area contributed by atoms with Gasteiger partial charge in [0.25, 0.3) is 5.91 Å². The summed E-state index contributed by atoms with van der Waals surface area (Å²) in [5.74, 6) is -0.533. The first-order valence-corrected chi connectivity index (χ1v) is 6.51. The molecule has 2 rings (SSSR count). The fraction of sp³-hybridized carbons (Fsp3) is 0.500. The fourth-order valence-electron chi connectivity index (χ4n) is 2.03. The summed E-state index contributed by atoms with van der Waals surface area (Å²) < 4.78 is 0. The van der Waals surface area contributed by atoms with Crippen molar-refractivity contribution >= 4 is 5.91 Å². The van der Waals surface area contributed by atoms with Crippen LogP contribution in [-0.2, 0) is 0 Å². The molecule has 5 nitrogen and oxygen atoms in total. The number of carbonyl (C=O) groups is 1. The Morgan fingerprint density at radius 3 is 2.79 bits per heavy atom. The molecule has 1 aromatic rings. The summed E-state index contributed by atoms with van der Waals surface area (Å²) in [6.45, 7) is 2.57. The van der Waals surface area contributed by atoms with E-state index in [9.17, 15) is 15.0 Å². The van der Waals surface area contributed by atoms with Gasteiger partial charge in [-0.15, -0.1) is 0 Å². The van der Waals surface area contributed by atoms with E-state index in [-0.39, 0.29) is 29.0 Å².